The lowest BCUT2D eigenvalue weighted by Gasteiger charge is -2.32. The molecule has 2 N–H and O–H groups in total. The molecule has 0 saturated heterocycles. The molecule has 212 valence electrons. The minimum absolute atomic E-state index is 0.0437. The normalized spacial score (nSPS) is 13.6. The van der Waals surface area contributed by atoms with Crippen LogP contribution in [0.15, 0.2) is 60.7 Å². The zero-order valence-electron chi connectivity index (χ0n) is 23.7. The summed E-state index contributed by atoms with van der Waals surface area (Å²) in [7, 11) is 2.96. The molecule has 0 fully saturated rings. The summed E-state index contributed by atoms with van der Waals surface area (Å²) in [6.45, 7) is 7.62. The molecule has 0 saturated carbocycles. The molecule has 0 aliphatic carbocycles. The van der Waals surface area contributed by atoms with Gasteiger partial charge in [-0.2, -0.15) is 0 Å². The van der Waals surface area contributed by atoms with Crippen LogP contribution in [-0.2, 0) is 25.6 Å². The molecule has 0 spiro atoms. The third kappa shape index (κ3) is 9.83. The van der Waals surface area contributed by atoms with Crippen LogP contribution in [0.1, 0.15) is 56.5 Å². The highest BCUT2D eigenvalue weighted by Crippen LogP contribution is 2.17. The molecule has 2 aromatic rings. The van der Waals surface area contributed by atoms with Crippen LogP contribution in [0.3, 0.4) is 0 Å². The van der Waals surface area contributed by atoms with E-state index in [1.807, 2.05) is 58.0 Å². The summed E-state index contributed by atoms with van der Waals surface area (Å²) >= 11 is 0. The molecular weight excluding hydrogens is 498 g/mol. The summed E-state index contributed by atoms with van der Waals surface area (Å²) in [6, 6.07) is 14.8. The molecule has 9 nitrogen and oxygen atoms in total. The zero-order chi connectivity index (χ0) is 29.1. The molecule has 0 unspecified atom stereocenters. The van der Waals surface area contributed by atoms with Gasteiger partial charge in [0.25, 0.3) is 0 Å². The number of carbonyl (C=O) groups is 4. The lowest BCUT2D eigenvalue weighted by atomic mass is 9.98. The van der Waals surface area contributed by atoms with Crippen molar-refractivity contribution in [2.24, 2.45) is 11.8 Å². The Kier molecular flexibility index (Phi) is 12.1. The van der Waals surface area contributed by atoms with Crippen LogP contribution in [0, 0.1) is 11.8 Å². The van der Waals surface area contributed by atoms with Crippen LogP contribution < -0.4 is 5.32 Å². The summed E-state index contributed by atoms with van der Waals surface area (Å²) < 4.78 is 0. The minimum Gasteiger partial charge on any atom is -0.480 e. The Bertz CT molecular complexity index is 1090. The first-order valence-electron chi connectivity index (χ1n) is 13.2. The Balaban J connectivity index is 2.30. The van der Waals surface area contributed by atoms with E-state index in [1.165, 1.54) is 24.1 Å². The van der Waals surface area contributed by atoms with Gasteiger partial charge in [-0.15, -0.1) is 5.06 Å². The Morgan fingerprint density at radius 2 is 1.36 bits per heavy atom. The van der Waals surface area contributed by atoms with E-state index in [-0.39, 0.29) is 24.7 Å². The van der Waals surface area contributed by atoms with Gasteiger partial charge in [-0.1, -0.05) is 76.2 Å². The molecule has 0 aliphatic heterocycles. The van der Waals surface area contributed by atoms with Crippen LogP contribution in [0.2, 0.25) is 0 Å². The average Bonchev–Trinajstić information content (AvgIpc) is 2.89. The lowest BCUT2D eigenvalue weighted by molar-refractivity contribution is -0.154. The molecule has 39 heavy (non-hydrogen) atoms. The van der Waals surface area contributed by atoms with Gasteiger partial charge in [0.15, 0.2) is 0 Å². The molecule has 0 aliphatic rings. The Morgan fingerprint density at radius 1 is 0.821 bits per heavy atom. The fraction of sp³-hybridized carbons (Fsp3) is 0.467. The number of carboxylic acid groups (broad SMARTS) is 1. The summed E-state index contributed by atoms with van der Waals surface area (Å²) in [5.41, 5.74) is 1.18. The summed E-state index contributed by atoms with van der Waals surface area (Å²) in [6.07, 6.45) is 0.817. The first kappa shape index (κ1) is 31.5. The molecule has 0 bridgehead atoms. The lowest BCUT2D eigenvalue weighted by Crippen LogP contribution is -2.56. The minimum atomic E-state index is -1.09. The summed E-state index contributed by atoms with van der Waals surface area (Å²) in [5.74, 6) is -2.59. The van der Waals surface area contributed by atoms with Gasteiger partial charge in [-0.25, -0.2) is 9.59 Å². The molecule has 2 aromatic carbocycles. The van der Waals surface area contributed by atoms with Crippen molar-refractivity contribution in [3.05, 3.63) is 71.8 Å². The smallest absolute Gasteiger partial charge is 0.357 e. The maximum Gasteiger partial charge on any atom is 0.357 e. The van der Waals surface area contributed by atoms with Gasteiger partial charge in [0.05, 0.1) is 5.56 Å². The Labute approximate surface area is 231 Å². The van der Waals surface area contributed by atoms with Crippen molar-refractivity contribution in [3.8, 4) is 0 Å². The van der Waals surface area contributed by atoms with Gasteiger partial charge < -0.3 is 20.2 Å². The van der Waals surface area contributed by atoms with Crippen LogP contribution in [-0.4, -0.2) is 71.0 Å². The first-order valence-corrected chi connectivity index (χ1v) is 13.2. The topological polar surface area (TPSA) is 116 Å². The number of likely N-dealkylation sites (N-methyl/N-ethyl adjacent to an activating group) is 2. The number of rotatable bonds is 14. The van der Waals surface area contributed by atoms with Crippen LogP contribution in [0.25, 0.3) is 0 Å². The van der Waals surface area contributed by atoms with Crippen molar-refractivity contribution in [1.82, 2.24) is 15.3 Å². The molecule has 0 aromatic heterocycles. The van der Waals surface area contributed by atoms with Crippen molar-refractivity contribution >= 4 is 23.8 Å². The monoisotopic (exact) mass is 539 g/mol. The number of benzene rings is 2. The SMILES string of the molecule is CC(C)C[C@H](NC(=O)[C@H](Cc1ccccc1)N(C)OC(=O)c1ccccc1)C(=O)N(C)[C@@H](CC(C)C)C(=O)O. The predicted octanol–water partition coefficient (Wildman–Crippen LogP) is 3.79. The fourth-order valence-corrected chi connectivity index (χ4v) is 4.28. The zero-order valence-corrected chi connectivity index (χ0v) is 23.7. The van der Waals surface area contributed by atoms with E-state index in [0.717, 1.165) is 5.56 Å². The summed E-state index contributed by atoms with van der Waals surface area (Å²) in [5, 5.41) is 13.8. The summed E-state index contributed by atoms with van der Waals surface area (Å²) in [4.78, 5) is 58.6. The number of hydrogen-bond acceptors (Lipinski definition) is 6. The number of aliphatic carboxylic acids is 1. The van der Waals surface area contributed by atoms with E-state index < -0.39 is 41.9 Å². The molecule has 2 amide bonds. The number of hydrogen-bond donors (Lipinski definition) is 2. The van der Waals surface area contributed by atoms with Crippen molar-refractivity contribution in [2.75, 3.05) is 14.1 Å². The third-order valence-electron chi connectivity index (χ3n) is 6.37. The highest BCUT2D eigenvalue weighted by Gasteiger charge is 2.35. The predicted molar refractivity (Wildman–Crippen MR) is 149 cm³/mol. The number of amides is 2. The number of hydroxylamine groups is 2. The van der Waals surface area contributed by atoms with Gasteiger partial charge in [-0.3, -0.25) is 9.59 Å². The number of nitrogens with zero attached hydrogens (tertiary/aromatic N) is 2. The second-order valence-corrected chi connectivity index (χ2v) is 10.6. The standard InChI is InChI=1S/C30H41N3O6/c1-20(2)17-24(28(35)32(5)26(29(36)37)18-21(3)4)31-27(34)25(19-22-13-9-7-10-14-22)33(6)39-30(38)23-15-11-8-12-16-23/h7-16,20-21,24-26H,17-19H2,1-6H3,(H,31,34)(H,36,37)/t24-,25-,26-/m0/s1. The molecule has 2 rings (SSSR count). The second kappa shape index (κ2) is 15.0. The number of nitrogens with one attached hydrogen (secondary N) is 1. The number of carbonyl (C=O) groups excluding carboxylic acids is 3. The molecule has 0 heterocycles. The maximum absolute atomic E-state index is 13.7. The van der Waals surface area contributed by atoms with Gasteiger partial charge in [0.1, 0.15) is 18.1 Å². The third-order valence-corrected chi connectivity index (χ3v) is 6.37. The average molecular weight is 540 g/mol. The van der Waals surface area contributed by atoms with Crippen LogP contribution >= 0.6 is 0 Å². The first-order chi connectivity index (χ1) is 18.4. The van der Waals surface area contributed by atoms with Crippen LogP contribution in [0.4, 0.5) is 0 Å². The van der Waals surface area contributed by atoms with E-state index in [4.69, 9.17) is 4.84 Å². The van der Waals surface area contributed by atoms with Gasteiger partial charge in [-0.05, 0) is 42.4 Å². The maximum atomic E-state index is 13.7. The molecule has 9 heteroatoms. The van der Waals surface area contributed by atoms with Crippen molar-refractivity contribution in [3.63, 3.8) is 0 Å². The molecule has 3 atom stereocenters. The molecule has 0 radical (unpaired) electrons. The van der Waals surface area contributed by atoms with E-state index in [2.05, 4.69) is 5.32 Å². The van der Waals surface area contributed by atoms with E-state index >= 15 is 0 Å². The highest BCUT2D eigenvalue weighted by atomic mass is 16.7. The molecular formula is C30H41N3O6. The Hall–Kier alpha value is -3.72. The largest absolute Gasteiger partial charge is 0.480 e. The van der Waals surface area contributed by atoms with E-state index in [0.29, 0.717) is 12.0 Å². The van der Waals surface area contributed by atoms with Gasteiger partial charge in [0, 0.05) is 20.5 Å². The van der Waals surface area contributed by atoms with Crippen molar-refractivity contribution in [2.45, 2.75) is 65.1 Å². The second-order valence-electron chi connectivity index (χ2n) is 10.6. The highest BCUT2D eigenvalue weighted by molar-refractivity contribution is 5.92. The van der Waals surface area contributed by atoms with E-state index in [1.54, 1.807) is 30.3 Å². The number of carboxylic acids is 1. The quantitative estimate of drug-likeness (QED) is 0.351. The van der Waals surface area contributed by atoms with Crippen molar-refractivity contribution < 1.29 is 29.1 Å². The van der Waals surface area contributed by atoms with Gasteiger partial charge >= 0.3 is 11.9 Å². The van der Waals surface area contributed by atoms with Crippen molar-refractivity contribution in [1.29, 1.82) is 0 Å². The van der Waals surface area contributed by atoms with Gasteiger partial charge in [0.2, 0.25) is 11.8 Å². The van der Waals surface area contributed by atoms with Crippen LogP contribution in [0.5, 0.6) is 0 Å². The Morgan fingerprint density at radius 3 is 1.87 bits per heavy atom. The fourth-order valence-electron chi connectivity index (χ4n) is 4.28. The van der Waals surface area contributed by atoms with E-state index in [9.17, 15) is 24.3 Å².